The summed E-state index contributed by atoms with van der Waals surface area (Å²) < 4.78 is 23.0. The Labute approximate surface area is 207 Å². The molecular formula is C28H24O8. The van der Waals surface area contributed by atoms with Crippen LogP contribution in [0.4, 0.5) is 0 Å². The van der Waals surface area contributed by atoms with Crippen LogP contribution in [0.5, 0.6) is 0 Å². The summed E-state index contributed by atoms with van der Waals surface area (Å²) in [5.41, 5.74) is 3.89. The molecule has 2 aliphatic carbocycles. The lowest BCUT2D eigenvalue weighted by Crippen LogP contribution is -2.32. The van der Waals surface area contributed by atoms with Crippen LogP contribution in [0.2, 0.25) is 0 Å². The smallest absolute Gasteiger partial charge is 0.303 e. The maximum Gasteiger partial charge on any atom is 0.303 e. The third-order valence-electron chi connectivity index (χ3n) is 6.42. The van der Waals surface area contributed by atoms with Gasteiger partial charge in [-0.05, 0) is 28.0 Å². The second kappa shape index (κ2) is 8.78. The molecule has 0 spiro atoms. The molecule has 0 aliphatic heterocycles. The molecule has 3 aromatic carbocycles. The summed E-state index contributed by atoms with van der Waals surface area (Å²) in [6, 6.07) is 14.7. The minimum absolute atomic E-state index is 0.538. The van der Waals surface area contributed by atoms with Crippen LogP contribution in [-0.2, 0) is 38.1 Å². The molecule has 0 unspecified atom stereocenters. The van der Waals surface area contributed by atoms with Gasteiger partial charge in [0.15, 0.2) is 24.4 Å². The number of ether oxygens (including phenoxy) is 4. The Morgan fingerprint density at radius 3 is 1.58 bits per heavy atom. The quantitative estimate of drug-likeness (QED) is 0.375. The van der Waals surface area contributed by atoms with Crippen molar-refractivity contribution in [2.45, 2.75) is 52.1 Å². The van der Waals surface area contributed by atoms with E-state index in [0.717, 1.165) is 10.8 Å². The second-order valence-electron chi connectivity index (χ2n) is 8.91. The summed E-state index contributed by atoms with van der Waals surface area (Å²) >= 11 is 0. The molecule has 36 heavy (non-hydrogen) atoms. The van der Waals surface area contributed by atoms with Crippen molar-refractivity contribution < 1.29 is 38.1 Å². The van der Waals surface area contributed by atoms with Crippen LogP contribution < -0.4 is 0 Å². The van der Waals surface area contributed by atoms with E-state index in [1.165, 1.54) is 27.7 Å². The Morgan fingerprint density at radius 1 is 0.556 bits per heavy atom. The molecule has 184 valence electrons. The molecule has 0 heterocycles. The summed E-state index contributed by atoms with van der Waals surface area (Å²) in [7, 11) is 0. The van der Waals surface area contributed by atoms with Gasteiger partial charge in [-0.15, -0.1) is 0 Å². The Balaban J connectivity index is 1.92. The zero-order valence-electron chi connectivity index (χ0n) is 20.2. The molecule has 8 nitrogen and oxygen atoms in total. The maximum atomic E-state index is 12.3. The summed E-state index contributed by atoms with van der Waals surface area (Å²) in [5.74, 6) is -2.15. The molecule has 2 aliphatic rings. The van der Waals surface area contributed by atoms with Crippen molar-refractivity contribution in [2.24, 2.45) is 0 Å². The third kappa shape index (κ3) is 3.79. The predicted molar refractivity (Wildman–Crippen MR) is 127 cm³/mol. The molecule has 4 atom stereocenters. The van der Waals surface area contributed by atoms with Gasteiger partial charge in [-0.1, -0.05) is 42.5 Å². The highest BCUT2D eigenvalue weighted by Gasteiger charge is 2.48. The first kappa shape index (κ1) is 23.5. The van der Waals surface area contributed by atoms with Crippen molar-refractivity contribution in [1.29, 1.82) is 0 Å². The van der Waals surface area contributed by atoms with Crippen molar-refractivity contribution in [3.8, 4) is 11.1 Å². The lowest BCUT2D eigenvalue weighted by molar-refractivity contribution is -0.168. The Bertz CT molecular complexity index is 1420. The molecule has 0 fully saturated rings. The SMILES string of the molecule is CC(=O)O[C@@H]1c2cccc3c2-c2c(cc4ccccc4c2[C@@H](OC(C)=O)[C@H]3OC(C)=O)[C@@H]1OC(C)=O. The summed E-state index contributed by atoms with van der Waals surface area (Å²) in [5, 5.41) is 1.60. The first-order valence-electron chi connectivity index (χ1n) is 11.5. The zero-order chi connectivity index (χ0) is 25.7. The van der Waals surface area contributed by atoms with Gasteiger partial charge in [0.05, 0.1) is 0 Å². The minimum atomic E-state index is -0.947. The molecule has 3 aromatic rings. The van der Waals surface area contributed by atoms with E-state index in [0.29, 0.717) is 33.4 Å². The number of rotatable bonds is 4. The molecule has 8 heteroatoms. The van der Waals surface area contributed by atoms with E-state index < -0.39 is 48.3 Å². The maximum absolute atomic E-state index is 12.3. The van der Waals surface area contributed by atoms with Crippen molar-refractivity contribution in [3.63, 3.8) is 0 Å². The molecule has 0 radical (unpaired) electrons. The third-order valence-corrected chi connectivity index (χ3v) is 6.42. The van der Waals surface area contributed by atoms with Crippen molar-refractivity contribution in [2.75, 3.05) is 0 Å². The molecule has 0 saturated heterocycles. The zero-order valence-corrected chi connectivity index (χ0v) is 20.2. The highest BCUT2D eigenvalue weighted by Crippen LogP contribution is 2.59. The fourth-order valence-corrected chi connectivity index (χ4v) is 5.40. The standard InChI is InChI=1S/C28H24O8/c1-13(29)33-25-19-10-7-11-20-22(19)23-21(27(25)35-15(3)31)12-17-8-5-6-9-18(17)24(23)28(36-16(4)32)26(20)34-14(2)30/h5-12,25-28H,1-4H3/t25-,26+,27+,28-/m1/s1. The Hall–Kier alpha value is -4.20. The lowest BCUT2D eigenvalue weighted by Gasteiger charge is -2.42. The van der Waals surface area contributed by atoms with Crippen molar-refractivity contribution in [3.05, 3.63) is 70.8 Å². The van der Waals surface area contributed by atoms with E-state index in [1.807, 2.05) is 30.3 Å². The van der Waals surface area contributed by atoms with Crippen LogP contribution in [-0.4, -0.2) is 23.9 Å². The molecule has 0 saturated carbocycles. The van der Waals surface area contributed by atoms with E-state index in [2.05, 4.69) is 0 Å². The molecule has 5 rings (SSSR count). The van der Waals surface area contributed by atoms with Crippen LogP contribution in [0.15, 0.2) is 48.5 Å². The van der Waals surface area contributed by atoms with E-state index in [4.69, 9.17) is 18.9 Å². The first-order valence-corrected chi connectivity index (χ1v) is 11.5. The lowest BCUT2D eigenvalue weighted by atomic mass is 9.70. The molecule has 0 bridgehead atoms. The average Bonchev–Trinajstić information content (AvgIpc) is 2.80. The second-order valence-corrected chi connectivity index (χ2v) is 8.91. The monoisotopic (exact) mass is 488 g/mol. The highest BCUT2D eigenvalue weighted by molar-refractivity contribution is 5.98. The number of esters is 4. The van der Waals surface area contributed by atoms with Gasteiger partial charge < -0.3 is 18.9 Å². The fraction of sp³-hybridized carbons (Fsp3) is 0.286. The normalized spacial score (nSPS) is 21.2. The highest BCUT2D eigenvalue weighted by atomic mass is 16.6. The molecule has 0 aromatic heterocycles. The van der Waals surface area contributed by atoms with Crippen LogP contribution in [0, 0.1) is 0 Å². The molecule has 0 N–H and O–H groups in total. The van der Waals surface area contributed by atoms with Crippen molar-refractivity contribution >= 4 is 34.6 Å². The van der Waals surface area contributed by atoms with E-state index >= 15 is 0 Å². The number of benzene rings is 3. The molecular weight excluding hydrogens is 464 g/mol. The van der Waals surface area contributed by atoms with Gasteiger partial charge in [0.1, 0.15) is 0 Å². The van der Waals surface area contributed by atoms with E-state index in [9.17, 15) is 19.2 Å². The number of fused-ring (bicyclic) bond motifs is 2. The average molecular weight is 488 g/mol. The van der Waals surface area contributed by atoms with Gasteiger partial charge in [-0.2, -0.15) is 0 Å². The Morgan fingerprint density at radius 2 is 1.03 bits per heavy atom. The topological polar surface area (TPSA) is 105 Å². The largest absolute Gasteiger partial charge is 0.453 e. The predicted octanol–water partition coefficient (Wildman–Crippen LogP) is 4.95. The van der Waals surface area contributed by atoms with Crippen LogP contribution in [0.25, 0.3) is 21.9 Å². The van der Waals surface area contributed by atoms with Crippen molar-refractivity contribution in [1.82, 2.24) is 0 Å². The number of carbonyl (C=O) groups is 4. The summed E-state index contributed by atoms with van der Waals surface area (Å²) in [4.78, 5) is 48.8. The number of hydrogen-bond acceptors (Lipinski definition) is 8. The van der Waals surface area contributed by atoms with Gasteiger partial charge in [-0.3, -0.25) is 19.2 Å². The van der Waals surface area contributed by atoms with Crippen LogP contribution in [0.1, 0.15) is 74.4 Å². The van der Waals surface area contributed by atoms with Gasteiger partial charge in [0.25, 0.3) is 0 Å². The van der Waals surface area contributed by atoms with Gasteiger partial charge in [0, 0.05) is 49.9 Å². The number of hydrogen-bond donors (Lipinski definition) is 0. The van der Waals surface area contributed by atoms with Crippen LogP contribution >= 0.6 is 0 Å². The Kier molecular flexibility index (Phi) is 5.74. The summed E-state index contributed by atoms with van der Waals surface area (Å²) in [6.45, 7) is 5.18. The van der Waals surface area contributed by atoms with E-state index in [-0.39, 0.29) is 0 Å². The van der Waals surface area contributed by atoms with E-state index in [1.54, 1.807) is 18.2 Å². The fourth-order valence-electron chi connectivity index (χ4n) is 5.40. The van der Waals surface area contributed by atoms with Gasteiger partial charge in [0.2, 0.25) is 0 Å². The van der Waals surface area contributed by atoms with Gasteiger partial charge in [-0.25, -0.2) is 0 Å². The number of carbonyl (C=O) groups excluding carboxylic acids is 4. The van der Waals surface area contributed by atoms with Gasteiger partial charge >= 0.3 is 23.9 Å². The summed E-state index contributed by atoms with van der Waals surface area (Å²) in [6.07, 6.45) is -3.74. The minimum Gasteiger partial charge on any atom is -0.453 e. The molecule has 0 amide bonds. The first-order chi connectivity index (χ1) is 17.2. The van der Waals surface area contributed by atoms with Crippen LogP contribution in [0.3, 0.4) is 0 Å².